The maximum Gasteiger partial charge on any atom is 0.583 e. The fraction of sp³-hybridized carbons (Fsp3) is 0.276. The quantitative estimate of drug-likeness (QED) is 0.251. The van der Waals surface area contributed by atoms with E-state index >= 15 is 0 Å². The first-order chi connectivity index (χ1) is 18.1. The Morgan fingerprint density at radius 1 is 1.05 bits per heavy atom. The van der Waals surface area contributed by atoms with Gasteiger partial charge in [0.2, 0.25) is 0 Å². The zero-order valence-electron chi connectivity index (χ0n) is 22.2. The van der Waals surface area contributed by atoms with Gasteiger partial charge in [0.05, 0.1) is 29.0 Å². The number of nitrogens with one attached hydrogen (secondary N) is 1. The van der Waals surface area contributed by atoms with E-state index < -0.39 is 7.12 Å². The van der Waals surface area contributed by atoms with Crippen LogP contribution < -0.4 is 16.2 Å². The molecule has 9 heteroatoms. The third-order valence-electron chi connectivity index (χ3n) is 7.07. The van der Waals surface area contributed by atoms with Gasteiger partial charge >= 0.3 is 7.12 Å². The van der Waals surface area contributed by atoms with Crippen molar-refractivity contribution in [1.29, 1.82) is 0 Å². The van der Waals surface area contributed by atoms with E-state index in [2.05, 4.69) is 15.5 Å². The molecule has 0 radical (unpaired) electrons. The molecule has 4 aromatic rings. The smallest absolute Gasteiger partial charge is 0.460 e. The summed E-state index contributed by atoms with van der Waals surface area (Å²) in [4.78, 5) is 17.9. The minimum absolute atomic E-state index is 0.00142. The van der Waals surface area contributed by atoms with Gasteiger partial charge < -0.3 is 19.5 Å². The average Bonchev–Trinajstić information content (AvgIpc) is 2.87. The highest BCUT2D eigenvalue weighted by Crippen LogP contribution is 2.35. The predicted molar refractivity (Wildman–Crippen MR) is 154 cm³/mol. The van der Waals surface area contributed by atoms with E-state index in [-0.39, 0.29) is 17.4 Å². The second kappa shape index (κ2) is 9.93. The van der Waals surface area contributed by atoms with E-state index in [0.717, 1.165) is 33.5 Å². The summed E-state index contributed by atoms with van der Waals surface area (Å²) in [7, 11) is -1.11. The molecule has 7 nitrogen and oxygen atoms in total. The normalized spacial score (nSPS) is 13.6. The van der Waals surface area contributed by atoms with Crippen molar-refractivity contribution in [3.63, 3.8) is 0 Å². The molecule has 194 valence electrons. The maximum atomic E-state index is 13.3. The van der Waals surface area contributed by atoms with Gasteiger partial charge in [0.1, 0.15) is 16.5 Å². The lowest BCUT2D eigenvalue weighted by Crippen LogP contribution is -2.38. The summed E-state index contributed by atoms with van der Waals surface area (Å²) in [5.41, 5.74) is 7.69. The molecule has 0 amide bonds. The number of aryl methyl sites for hydroxylation is 1. The SMILES string of the molecule is Cc1cc([C@H](C)Nc2ccc(Cl)nc2-c2ccc3c(c2C)C=NOB3O)c2oc(C(C)C)c(C)c(=O)c2c1. The Kier molecular flexibility index (Phi) is 6.80. The summed E-state index contributed by atoms with van der Waals surface area (Å²) < 4.78 is 11.4. The molecule has 1 atom stereocenters. The van der Waals surface area contributed by atoms with Crippen LogP contribution >= 0.6 is 11.6 Å². The highest BCUT2D eigenvalue weighted by atomic mass is 35.5. The highest BCUT2D eigenvalue weighted by molar-refractivity contribution is 6.62. The average molecular weight is 530 g/mol. The van der Waals surface area contributed by atoms with Crippen LogP contribution in [0.2, 0.25) is 5.15 Å². The first-order valence-corrected chi connectivity index (χ1v) is 13.0. The Morgan fingerprint density at radius 2 is 1.82 bits per heavy atom. The standard InChI is InChI=1S/C29H29BClN3O4/c1-14(2)28-17(5)27(35)21-12-15(3)11-20(29(21)37-28)18(6)33-24-9-10-25(31)34-26(24)19-7-8-23-22(16(19)4)13-32-38-30(23)36/h7-14,18,33,36H,1-6H3/t18-/m0/s1. The molecule has 5 rings (SSSR count). The Morgan fingerprint density at radius 3 is 2.55 bits per heavy atom. The molecular weight excluding hydrogens is 501 g/mol. The molecule has 0 fully saturated rings. The molecule has 2 aromatic carbocycles. The summed E-state index contributed by atoms with van der Waals surface area (Å²) >= 11 is 6.34. The number of nitrogens with zero attached hydrogens (tertiary/aromatic N) is 2. The third kappa shape index (κ3) is 4.48. The van der Waals surface area contributed by atoms with Crippen molar-refractivity contribution >= 4 is 47.1 Å². The highest BCUT2D eigenvalue weighted by Gasteiger charge is 2.28. The molecule has 2 aromatic heterocycles. The molecule has 0 spiro atoms. The number of hydrogen-bond acceptors (Lipinski definition) is 7. The largest absolute Gasteiger partial charge is 0.583 e. The van der Waals surface area contributed by atoms with E-state index in [4.69, 9.17) is 20.8 Å². The second-order valence-electron chi connectivity index (χ2n) is 10.1. The molecule has 38 heavy (non-hydrogen) atoms. The van der Waals surface area contributed by atoms with Crippen LogP contribution in [0.4, 0.5) is 5.69 Å². The molecule has 0 saturated carbocycles. The third-order valence-corrected chi connectivity index (χ3v) is 7.28. The molecule has 0 unspecified atom stereocenters. The first kappa shape index (κ1) is 26.0. The van der Waals surface area contributed by atoms with E-state index in [9.17, 15) is 9.82 Å². The van der Waals surface area contributed by atoms with Gasteiger partial charge in [-0.25, -0.2) is 4.98 Å². The van der Waals surface area contributed by atoms with E-state index in [0.29, 0.717) is 38.6 Å². The van der Waals surface area contributed by atoms with Gasteiger partial charge in [-0.2, -0.15) is 0 Å². The van der Waals surface area contributed by atoms with Crippen LogP contribution in [-0.4, -0.2) is 23.3 Å². The number of rotatable bonds is 5. The molecule has 1 aliphatic rings. The number of anilines is 1. The molecule has 2 N–H and O–H groups in total. The van der Waals surface area contributed by atoms with Crippen LogP contribution in [0.25, 0.3) is 22.2 Å². The van der Waals surface area contributed by atoms with Crippen molar-refractivity contribution in [2.24, 2.45) is 5.16 Å². The van der Waals surface area contributed by atoms with Crippen LogP contribution in [0, 0.1) is 20.8 Å². The van der Waals surface area contributed by atoms with Crippen LogP contribution in [0.15, 0.2) is 50.8 Å². The maximum absolute atomic E-state index is 13.3. The van der Waals surface area contributed by atoms with Gasteiger partial charge in [-0.05, 0) is 57.0 Å². The summed E-state index contributed by atoms with van der Waals surface area (Å²) in [5.74, 6) is 0.780. The van der Waals surface area contributed by atoms with Gasteiger partial charge in [0.15, 0.2) is 5.43 Å². The number of fused-ring (bicyclic) bond motifs is 2. The fourth-order valence-corrected chi connectivity index (χ4v) is 5.26. The number of halogens is 1. The van der Waals surface area contributed by atoms with Crippen molar-refractivity contribution in [1.82, 2.24) is 4.98 Å². The van der Waals surface area contributed by atoms with Crippen LogP contribution in [0.1, 0.15) is 66.3 Å². The van der Waals surface area contributed by atoms with Crippen LogP contribution in [0.3, 0.4) is 0 Å². The van der Waals surface area contributed by atoms with E-state index in [1.165, 1.54) is 0 Å². The zero-order chi connectivity index (χ0) is 27.3. The lowest BCUT2D eigenvalue weighted by atomic mass is 9.74. The van der Waals surface area contributed by atoms with Crippen LogP contribution in [0.5, 0.6) is 0 Å². The number of oxime groups is 1. The molecule has 0 saturated heterocycles. The van der Waals surface area contributed by atoms with Gasteiger partial charge in [0.25, 0.3) is 0 Å². The number of pyridine rings is 1. The first-order valence-electron chi connectivity index (χ1n) is 12.6. The molecule has 0 bridgehead atoms. The monoisotopic (exact) mass is 529 g/mol. The molecule has 1 aliphatic heterocycles. The Hall–Kier alpha value is -3.62. The summed E-state index contributed by atoms with van der Waals surface area (Å²) in [6.45, 7) is 11.8. The molecular formula is C29H29BClN3O4. The van der Waals surface area contributed by atoms with Gasteiger partial charge in [-0.3, -0.25) is 4.79 Å². The minimum Gasteiger partial charge on any atom is -0.460 e. The van der Waals surface area contributed by atoms with Crippen LogP contribution in [-0.2, 0) is 4.76 Å². The molecule has 3 heterocycles. The predicted octanol–water partition coefficient (Wildman–Crippen LogP) is 5.78. The summed E-state index contributed by atoms with van der Waals surface area (Å²) in [5, 5.41) is 18.5. The number of hydrogen-bond donors (Lipinski definition) is 2. The number of aromatic nitrogens is 1. The van der Waals surface area contributed by atoms with E-state index in [1.54, 1.807) is 12.3 Å². The van der Waals surface area contributed by atoms with Gasteiger partial charge in [-0.1, -0.05) is 43.6 Å². The van der Waals surface area contributed by atoms with Gasteiger partial charge in [0, 0.05) is 33.6 Å². The lowest BCUT2D eigenvalue weighted by Gasteiger charge is -2.22. The van der Waals surface area contributed by atoms with Gasteiger partial charge in [-0.15, -0.1) is 5.16 Å². The van der Waals surface area contributed by atoms with Crippen molar-refractivity contribution in [3.8, 4) is 11.3 Å². The lowest BCUT2D eigenvalue weighted by molar-refractivity contribution is 0.286. The van der Waals surface area contributed by atoms with Crippen molar-refractivity contribution in [2.75, 3.05) is 5.32 Å². The Balaban J connectivity index is 1.62. The topological polar surface area (TPSA) is 97.0 Å². The van der Waals surface area contributed by atoms with E-state index in [1.807, 2.05) is 71.9 Å². The minimum atomic E-state index is -1.11. The number of benzene rings is 2. The van der Waals surface area contributed by atoms with Crippen molar-refractivity contribution in [2.45, 2.75) is 53.5 Å². The fourth-order valence-electron chi connectivity index (χ4n) is 5.12. The Bertz CT molecular complexity index is 1660. The summed E-state index contributed by atoms with van der Waals surface area (Å²) in [6.07, 6.45) is 1.59. The molecule has 0 aliphatic carbocycles. The van der Waals surface area contributed by atoms with Crippen molar-refractivity contribution < 1.29 is 14.2 Å². The zero-order valence-corrected chi connectivity index (χ0v) is 23.0. The Labute approximate surface area is 226 Å². The van der Waals surface area contributed by atoms with Crippen molar-refractivity contribution in [3.05, 3.63) is 85.4 Å². The second-order valence-corrected chi connectivity index (χ2v) is 10.5. The summed E-state index contributed by atoms with van der Waals surface area (Å²) in [6, 6.07) is 11.0.